The number of para-hydroxylation sites is 1. The van der Waals surface area contributed by atoms with E-state index in [2.05, 4.69) is 21.2 Å². The lowest BCUT2D eigenvalue weighted by Gasteiger charge is -2.20. The Morgan fingerprint density at radius 2 is 1.79 bits per heavy atom. The molecule has 0 bridgehead atoms. The van der Waals surface area contributed by atoms with Crippen molar-refractivity contribution in [1.82, 2.24) is 4.31 Å². The highest BCUT2D eigenvalue weighted by molar-refractivity contribution is 9.10. The van der Waals surface area contributed by atoms with Crippen LogP contribution in [0, 0.1) is 5.82 Å². The van der Waals surface area contributed by atoms with Gasteiger partial charge in [-0.25, -0.2) is 12.8 Å². The number of amides is 1. The van der Waals surface area contributed by atoms with Gasteiger partial charge in [0.05, 0.1) is 18.5 Å². The first-order valence-corrected chi connectivity index (χ1v) is 9.64. The summed E-state index contributed by atoms with van der Waals surface area (Å²) >= 11 is 3.30. The van der Waals surface area contributed by atoms with E-state index in [1.165, 1.54) is 18.2 Å². The Hall–Kier alpha value is -1.77. The molecule has 0 aliphatic carbocycles. The number of benzene rings is 2. The fourth-order valence-corrected chi connectivity index (χ4v) is 3.13. The zero-order chi connectivity index (χ0) is 17.7. The molecule has 0 spiro atoms. The van der Waals surface area contributed by atoms with Crippen LogP contribution in [0.5, 0.6) is 0 Å². The molecule has 2 rings (SSSR count). The Morgan fingerprint density at radius 3 is 2.42 bits per heavy atom. The smallest absolute Gasteiger partial charge is 0.239 e. The summed E-state index contributed by atoms with van der Waals surface area (Å²) in [5, 5.41) is 2.63. The Bertz CT molecular complexity index is 843. The van der Waals surface area contributed by atoms with Crippen LogP contribution in [0.15, 0.2) is 53.0 Å². The molecular formula is C16H16BrFN2O3S. The van der Waals surface area contributed by atoms with Crippen molar-refractivity contribution in [3.63, 3.8) is 0 Å². The quantitative estimate of drug-likeness (QED) is 0.789. The summed E-state index contributed by atoms with van der Waals surface area (Å²) in [7, 11) is -3.68. The van der Waals surface area contributed by atoms with E-state index in [0.717, 1.165) is 10.6 Å². The van der Waals surface area contributed by atoms with Crippen LogP contribution in [0.4, 0.5) is 10.1 Å². The standard InChI is InChI=1S/C16H16BrFN2O3S/c1-24(22,23)20(10-12-6-2-4-8-14(12)18)11-16(21)19-15-9-5-3-7-13(15)17/h2-9H,10-11H2,1H3,(H,19,21). The molecule has 0 heterocycles. The number of carbonyl (C=O) groups excluding carboxylic acids is 1. The lowest BCUT2D eigenvalue weighted by molar-refractivity contribution is -0.116. The highest BCUT2D eigenvalue weighted by Gasteiger charge is 2.22. The van der Waals surface area contributed by atoms with Gasteiger partial charge in [0.1, 0.15) is 5.82 Å². The lowest BCUT2D eigenvalue weighted by atomic mass is 10.2. The molecule has 2 aromatic rings. The highest BCUT2D eigenvalue weighted by Crippen LogP contribution is 2.21. The number of hydrogen-bond donors (Lipinski definition) is 1. The molecule has 8 heteroatoms. The van der Waals surface area contributed by atoms with Crippen LogP contribution in [0.2, 0.25) is 0 Å². The van der Waals surface area contributed by atoms with Crippen LogP contribution in [0.25, 0.3) is 0 Å². The van der Waals surface area contributed by atoms with Gasteiger partial charge in [0.2, 0.25) is 15.9 Å². The SMILES string of the molecule is CS(=O)(=O)N(CC(=O)Nc1ccccc1Br)Cc1ccccc1F. The lowest BCUT2D eigenvalue weighted by Crippen LogP contribution is -2.37. The van der Waals surface area contributed by atoms with Gasteiger partial charge in [0, 0.05) is 16.6 Å². The molecule has 2 aromatic carbocycles. The van der Waals surface area contributed by atoms with Gasteiger partial charge >= 0.3 is 0 Å². The van der Waals surface area contributed by atoms with Gasteiger partial charge in [0.15, 0.2) is 0 Å². The van der Waals surface area contributed by atoms with Gasteiger partial charge < -0.3 is 5.32 Å². The van der Waals surface area contributed by atoms with E-state index < -0.39 is 28.3 Å². The molecule has 0 saturated heterocycles. The van der Waals surface area contributed by atoms with E-state index in [9.17, 15) is 17.6 Å². The minimum Gasteiger partial charge on any atom is -0.324 e. The monoisotopic (exact) mass is 414 g/mol. The van der Waals surface area contributed by atoms with Crippen LogP contribution in [-0.4, -0.2) is 31.4 Å². The normalized spacial score (nSPS) is 11.5. The maximum absolute atomic E-state index is 13.7. The molecule has 0 saturated carbocycles. The summed E-state index contributed by atoms with van der Waals surface area (Å²) in [6.45, 7) is -0.622. The number of hydrogen-bond acceptors (Lipinski definition) is 3. The van der Waals surface area contributed by atoms with Crippen LogP contribution in [-0.2, 0) is 21.4 Å². The summed E-state index contributed by atoms with van der Waals surface area (Å²) < 4.78 is 39.2. The first-order valence-electron chi connectivity index (χ1n) is 7.00. The van der Waals surface area contributed by atoms with Crippen molar-refractivity contribution in [2.24, 2.45) is 0 Å². The predicted octanol–water partition coefficient (Wildman–Crippen LogP) is 2.99. The minimum absolute atomic E-state index is 0.205. The zero-order valence-electron chi connectivity index (χ0n) is 12.9. The molecule has 0 unspecified atom stereocenters. The first kappa shape index (κ1) is 18.6. The van der Waals surface area contributed by atoms with Crippen LogP contribution >= 0.6 is 15.9 Å². The van der Waals surface area contributed by atoms with Crippen molar-refractivity contribution in [3.05, 3.63) is 64.4 Å². The van der Waals surface area contributed by atoms with Crippen molar-refractivity contribution < 1.29 is 17.6 Å². The summed E-state index contributed by atoms with van der Waals surface area (Å²) in [4.78, 5) is 12.2. The van der Waals surface area contributed by atoms with Crippen molar-refractivity contribution >= 4 is 37.5 Å². The average molecular weight is 415 g/mol. The number of nitrogens with zero attached hydrogens (tertiary/aromatic N) is 1. The Morgan fingerprint density at radius 1 is 1.17 bits per heavy atom. The predicted molar refractivity (Wildman–Crippen MR) is 94.4 cm³/mol. The molecular weight excluding hydrogens is 399 g/mol. The molecule has 5 nitrogen and oxygen atoms in total. The second kappa shape index (κ2) is 7.87. The van der Waals surface area contributed by atoms with Crippen molar-refractivity contribution in [3.8, 4) is 0 Å². The molecule has 1 amide bonds. The molecule has 0 aromatic heterocycles. The van der Waals surface area contributed by atoms with Gasteiger partial charge in [-0.05, 0) is 34.1 Å². The Kier molecular flexibility index (Phi) is 6.09. The average Bonchev–Trinajstić information content (AvgIpc) is 2.50. The summed E-state index contributed by atoms with van der Waals surface area (Å²) in [5.41, 5.74) is 0.735. The largest absolute Gasteiger partial charge is 0.324 e. The van der Waals surface area contributed by atoms with Crippen LogP contribution < -0.4 is 5.32 Å². The second-order valence-corrected chi connectivity index (χ2v) is 7.99. The summed E-state index contributed by atoms with van der Waals surface area (Å²) in [6, 6.07) is 12.8. The fraction of sp³-hybridized carbons (Fsp3) is 0.188. The molecule has 0 fully saturated rings. The topological polar surface area (TPSA) is 66.5 Å². The van der Waals surface area contributed by atoms with Gasteiger partial charge in [-0.15, -0.1) is 0 Å². The van der Waals surface area contributed by atoms with Gasteiger partial charge in [-0.2, -0.15) is 4.31 Å². The van der Waals surface area contributed by atoms with Crippen LogP contribution in [0.1, 0.15) is 5.56 Å². The number of rotatable bonds is 6. The second-order valence-electron chi connectivity index (χ2n) is 5.15. The Balaban J connectivity index is 2.14. The molecule has 128 valence electrons. The van der Waals surface area contributed by atoms with Crippen molar-refractivity contribution in [1.29, 1.82) is 0 Å². The van der Waals surface area contributed by atoms with E-state index >= 15 is 0 Å². The summed E-state index contributed by atoms with van der Waals surface area (Å²) in [5.74, 6) is -1.03. The van der Waals surface area contributed by atoms with Gasteiger partial charge in [0.25, 0.3) is 0 Å². The molecule has 0 aliphatic rings. The number of nitrogens with one attached hydrogen (secondary N) is 1. The van der Waals surface area contributed by atoms with Crippen molar-refractivity contribution in [2.75, 3.05) is 18.1 Å². The highest BCUT2D eigenvalue weighted by atomic mass is 79.9. The number of anilines is 1. The third-order valence-corrected chi connectivity index (χ3v) is 5.13. The third kappa shape index (κ3) is 5.12. The van der Waals surface area contributed by atoms with E-state index in [1.54, 1.807) is 30.3 Å². The van der Waals surface area contributed by atoms with E-state index in [4.69, 9.17) is 0 Å². The molecule has 0 radical (unpaired) electrons. The van der Waals surface area contributed by atoms with Gasteiger partial charge in [-0.1, -0.05) is 30.3 Å². The molecule has 0 atom stereocenters. The van der Waals surface area contributed by atoms with Gasteiger partial charge in [-0.3, -0.25) is 4.79 Å². The van der Waals surface area contributed by atoms with E-state index in [0.29, 0.717) is 10.2 Å². The molecule has 24 heavy (non-hydrogen) atoms. The van der Waals surface area contributed by atoms with Crippen LogP contribution in [0.3, 0.4) is 0 Å². The third-order valence-electron chi connectivity index (χ3n) is 3.24. The number of halogens is 2. The first-order chi connectivity index (χ1) is 11.3. The number of sulfonamides is 1. The minimum atomic E-state index is -3.68. The Labute approximate surface area is 148 Å². The fourth-order valence-electron chi connectivity index (χ4n) is 2.02. The summed E-state index contributed by atoms with van der Waals surface area (Å²) in [6.07, 6.45) is 0.986. The zero-order valence-corrected chi connectivity index (χ0v) is 15.3. The van der Waals surface area contributed by atoms with Crippen molar-refractivity contribution in [2.45, 2.75) is 6.54 Å². The maximum atomic E-state index is 13.7. The number of carbonyl (C=O) groups is 1. The molecule has 1 N–H and O–H groups in total. The van der Waals surface area contributed by atoms with E-state index in [-0.39, 0.29) is 12.1 Å². The van der Waals surface area contributed by atoms with E-state index in [1.807, 2.05) is 0 Å². The maximum Gasteiger partial charge on any atom is 0.239 e. The molecule has 0 aliphatic heterocycles.